The van der Waals surface area contributed by atoms with Crippen molar-refractivity contribution in [2.75, 3.05) is 5.73 Å². The maximum absolute atomic E-state index is 6.23. The second kappa shape index (κ2) is 6.60. The summed E-state index contributed by atoms with van der Waals surface area (Å²) in [5.41, 5.74) is 6.65. The summed E-state index contributed by atoms with van der Waals surface area (Å²) in [6, 6.07) is 9.83. The average Bonchev–Trinajstić information content (AvgIpc) is 2.43. The van der Waals surface area contributed by atoms with Crippen LogP contribution in [0.4, 0.5) is 5.82 Å². The number of para-hydroxylation sites is 1. The minimum absolute atomic E-state index is 0.226. The summed E-state index contributed by atoms with van der Waals surface area (Å²) in [7, 11) is 0. The molecule has 0 spiro atoms. The maximum Gasteiger partial charge on any atom is 0.146 e. The van der Waals surface area contributed by atoms with E-state index in [9.17, 15) is 0 Å². The fraction of sp³-hybridized carbons (Fsp3) is 0.471. The number of hydrogen-bond acceptors (Lipinski definition) is 3. The van der Waals surface area contributed by atoms with Gasteiger partial charge in [0.25, 0.3) is 0 Å². The molecular formula is C17H24N2O. The lowest BCUT2D eigenvalue weighted by Gasteiger charge is -2.23. The van der Waals surface area contributed by atoms with E-state index in [2.05, 4.69) is 25.8 Å². The first-order valence-electron chi connectivity index (χ1n) is 7.43. The SMILES string of the molecule is CCCCC(Oc1cccc2ccc(N)nc12)C(C)C. The number of rotatable bonds is 6. The molecule has 2 N–H and O–H groups in total. The predicted molar refractivity (Wildman–Crippen MR) is 84.9 cm³/mol. The lowest BCUT2D eigenvalue weighted by atomic mass is 10.0. The molecule has 0 saturated heterocycles. The largest absolute Gasteiger partial charge is 0.488 e. The minimum atomic E-state index is 0.226. The predicted octanol–water partition coefficient (Wildman–Crippen LogP) is 4.41. The molecule has 0 bridgehead atoms. The van der Waals surface area contributed by atoms with Crippen molar-refractivity contribution in [3.05, 3.63) is 30.3 Å². The third-order valence-electron chi connectivity index (χ3n) is 3.57. The number of nitrogen functional groups attached to an aromatic ring is 1. The van der Waals surface area contributed by atoms with Crippen LogP contribution in [0.3, 0.4) is 0 Å². The molecule has 0 amide bonds. The summed E-state index contributed by atoms with van der Waals surface area (Å²) in [4.78, 5) is 4.42. The van der Waals surface area contributed by atoms with E-state index >= 15 is 0 Å². The number of nitrogens with two attached hydrogens (primary N) is 1. The van der Waals surface area contributed by atoms with Gasteiger partial charge in [-0.1, -0.05) is 45.7 Å². The van der Waals surface area contributed by atoms with Crippen LogP contribution in [0, 0.1) is 5.92 Å². The first-order chi connectivity index (χ1) is 9.61. The van der Waals surface area contributed by atoms with E-state index in [0.29, 0.717) is 11.7 Å². The molecule has 0 aliphatic heterocycles. The van der Waals surface area contributed by atoms with E-state index in [-0.39, 0.29) is 6.10 Å². The smallest absolute Gasteiger partial charge is 0.146 e. The fourth-order valence-electron chi connectivity index (χ4n) is 2.33. The van der Waals surface area contributed by atoms with Crippen molar-refractivity contribution in [3.8, 4) is 5.75 Å². The molecule has 1 aromatic heterocycles. The molecular weight excluding hydrogens is 248 g/mol. The van der Waals surface area contributed by atoms with Crippen molar-refractivity contribution in [2.24, 2.45) is 5.92 Å². The second-order valence-corrected chi connectivity index (χ2v) is 5.61. The number of benzene rings is 1. The molecule has 2 aromatic rings. The number of pyridine rings is 1. The van der Waals surface area contributed by atoms with Crippen molar-refractivity contribution in [1.82, 2.24) is 4.98 Å². The summed E-state index contributed by atoms with van der Waals surface area (Å²) in [5, 5.41) is 1.06. The highest BCUT2D eigenvalue weighted by atomic mass is 16.5. The van der Waals surface area contributed by atoms with E-state index in [1.165, 1.54) is 12.8 Å². The van der Waals surface area contributed by atoms with Crippen molar-refractivity contribution < 1.29 is 4.74 Å². The van der Waals surface area contributed by atoms with E-state index in [0.717, 1.165) is 23.1 Å². The van der Waals surface area contributed by atoms with Crippen LogP contribution in [0.2, 0.25) is 0 Å². The highest BCUT2D eigenvalue weighted by molar-refractivity contribution is 5.85. The van der Waals surface area contributed by atoms with Crippen molar-refractivity contribution in [3.63, 3.8) is 0 Å². The van der Waals surface area contributed by atoms with Crippen LogP contribution in [0.1, 0.15) is 40.0 Å². The molecule has 0 fully saturated rings. The number of anilines is 1. The molecule has 1 aromatic carbocycles. The minimum Gasteiger partial charge on any atom is -0.488 e. The van der Waals surface area contributed by atoms with Crippen LogP contribution < -0.4 is 10.5 Å². The highest BCUT2D eigenvalue weighted by Crippen LogP contribution is 2.27. The van der Waals surface area contributed by atoms with Gasteiger partial charge < -0.3 is 10.5 Å². The third-order valence-corrected chi connectivity index (χ3v) is 3.57. The van der Waals surface area contributed by atoms with Crippen molar-refractivity contribution in [2.45, 2.75) is 46.1 Å². The first kappa shape index (κ1) is 14.6. The molecule has 2 rings (SSSR count). The van der Waals surface area contributed by atoms with Crippen LogP contribution in [0.15, 0.2) is 30.3 Å². The molecule has 0 aliphatic carbocycles. The summed E-state index contributed by atoms with van der Waals surface area (Å²) in [6.07, 6.45) is 3.67. The Kier molecular flexibility index (Phi) is 4.83. The second-order valence-electron chi connectivity index (χ2n) is 5.61. The zero-order valence-electron chi connectivity index (χ0n) is 12.6. The molecule has 3 nitrogen and oxygen atoms in total. The quantitative estimate of drug-likeness (QED) is 0.847. The lowest BCUT2D eigenvalue weighted by molar-refractivity contribution is 0.141. The van der Waals surface area contributed by atoms with Gasteiger partial charge in [0.1, 0.15) is 23.2 Å². The highest BCUT2D eigenvalue weighted by Gasteiger charge is 2.16. The Morgan fingerprint density at radius 1 is 1.20 bits per heavy atom. The van der Waals surface area contributed by atoms with E-state index in [4.69, 9.17) is 10.5 Å². The summed E-state index contributed by atoms with van der Waals surface area (Å²) < 4.78 is 6.23. The van der Waals surface area contributed by atoms with Crippen molar-refractivity contribution >= 4 is 16.7 Å². The molecule has 1 unspecified atom stereocenters. The Bertz CT molecular complexity index is 566. The van der Waals surface area contributed by atoms with Gasteiger partial charge in [0.2, 0.25) is 0 Å². The number of hydrogen-bond donors (Lipinski definition) is 1. The monoisotopic (exact) mass is 272 g/mol. The molecule has 1 atom stereocenters. The zero-order valence-corrected chi connectivity index (χ0v) is 12.6. The number of aromatic nitrogens is 1. The third kappa shape index (κ3) is 3.41. The normalized spacial score (nSPS) is 12.8. The topological polar surface area (TPSA) is 48.1 Å². The van der Waals surface area contributed by atoms with Gasteiger partial charge >= 0.3 is 0 Å². The first-order valence-corrected chi connectivity index (χ1v) is 7.43. The van der Waals surface area contributed by atoms with Gasteiger partial charge in [-0.15, -0.1) is 0 Å². The van der Waals surface area contributed by atoms with Gasteiger partial charge in [0.15, 0.2) is 0 Å². The van der Waals surface area contributed by atoms with Gasteiger partial charge in [0.05, 0.1) is 0 Å². The van der Waals surface area contributed by atoms with Gasteiger partial charge in [-0.05, 0) is 30.5 Å². The maximum atomic E-state index is 6.23. The number of unbranched alkanes of at least 4 members (excludes halogenated alkanes) is 1. The average molecular weight is 272 g/mol. The van der Waals surface area contributed by atoms with Crippen LogP contribution >= 0.6 is 0 Å². The van der Waals surface area contributed by atoms with E-state index < -0.39 is 0 Å². The molecule has 0 aliphatic rings. The lowest BCUT2D eigenvalue weighted by Crippen LogP contribution is -2.23. The molecule has 3 heteroatoms. The Morgan fingerprint density at radius 2 is 2.00 bits per heavy atom. The van der Waals surface area contributed by atoms with Gasteiger partial charge in [0, 0.05) is 5.39 Å². The Morgan fingerprint density at radius 3 is 2.70 bits per heavy atom. The van der Waals surface area contributed by atoms with Crippen LogP contribution in [-0.2, 0) is 0 Å². The summed E-state index contributed by atoms with van der Waals surface area (Å²) >= 11 is 0. The molecule has 1 heterocycles. The van der Waals surface area contributed by atoms with E-state index in [1.807, 2.05) is 30.3 Å². The molecule has 108 valence electrons. The summed E-state index contributed by atoms with van der Waals surface area (Å²) in [6.45, 7) is 6.61. The van der Waals surface area contributed by atoms with Crippen LogP contribution in [0.25, 0.3) is 10.9 Å². The van der Waals surface area contributed by atoms with Crippen LogP contribution in [-0.4, -0.2) is 11.1 Å². The van der Waals surface area contributed by atoms with Gasteiger partial charge in [-0.3, -0.25) is 0 Å². The van der Waals surface area contributed by atoms with E-state index in [1.54, 1.807) is 0 Å². The number of nitrogens with zero attached hydrogens (tertiary/aromatic N) is 1. The van der Waals surface area contributed by atoms with Crippen molar-refractivity contribution in [1.29, 1.82) is 0 Å². The summed E-state index contributed by atoms with van der Waals surface area (Å²) in [5.74, 6) is 1.85. The number of ether oxygens (including phenoxy) is 1. The molecule has 0 saturated carbocycles. The molecule has 0 radical (unpaired) electrons. The Labute approximate surface area is 121 Å². The van der Waals surface area contributed by atoms with Gasteiger partial charge in [-0.2, -0.15) is 0 Å². The number of fused-ring (bicyclic) bond motifs is 1. The van der Waals surface area contributed by atoms with Crippen LogP contribution in [0.5, 0.6) is 5.75 Å². The fourth-order valence-corrected chi connectivity index (χ4v) is 2.33. The standard InChI is InChI=1S/C17H24N2O/c1-4-5-8-14(12(2)3)20-15-9-6-7-13-10-11-16(18)19-17(13)15/h6-7,9-12,14H,4-5,8H2,1-3H3,(H2,18,19). The zero-order chi connectivity index (χ0) is 14.5. The molecule has 20 heavy (non-hydrogen) atoms. The Balaban J connectivity index is 2.29. The Hall–Kier alpha value is -1.77. The van der Waals surface area contributed by atoms with Gasteiger partial charge in [-0.25, -0.2) is 4.98 Å².